The van der Waals surface area contributed by atoms with Crippen LogP contribution in [-0.4, -0.2) is 19.1 Å². The maximum absolute atomic E-state index is 13.8. The Morgan fingerprint density at radius 1 is 1.03 bits per heavy atom. The molecule has 168 valence electrons. The lowest BCUT2D eigenvalue weighted by Crippen LogP contribution is -2.42. The van der Waals surface area contributed by atoms with Crippen molar-refractivity contribution in [2.75, 3.05) is 18.0 Å². The van der Waals surface area contributed by atoms with E-state index in [1.165, 1.54) is 17.7 Å². The van der Waals surface area contributed by atoms with Gasteiger partial charge in [0.05, 0.1) is 21.4 Å². The van der Waals surface area contributed by atoms with Crippen molar-refractivity contribution in [1.82, 2.24) is 10.6 Å². The second kappa shape index (κ2) is 8.82. The van der Waals surface area contributed by atoms with E-state index in [1.54, 1.807) is 17.0 Å². The molecule has 2 N–H and O–H groups in total. The van der Waals surface area contributed by atoms with Gasteiger partial charge in [0.15, 0.2) is 0 Å². The molecule has 0 unspecified atom stereocenters. The normalized spacial score (nSPS) is 15.7. The number of rotatable bonds is 3. The molecule has 2 heterocycles. The molecule has 0 radical (unpaired) electrons. The first kappa shape index (κ1) is 22.0. The van der Waals surface area contributed by atoms with Gasteiger partial charge in [-0.05, 0) is 78.6 Å². The average Bonchev–Trinajstić information content (AvgIpc) is 2.80. The zero-order valence-electron chi connectivity index (χ0n) is 18.0. The van der Waals surface area contributed by atoms with Crippen molar-refractivity contribution in [3.63, 3.8) is 0 Å². The van der Waals surface area contributed by atoms with Crippen LogP contribution in [0.25, 0.3) is 16.7 Å². The lowest BCUT2D eigenvalue weighted by Gasteiger charge is -2.34. The lowest BCUT2D eigenvalue weighted by molar-refractivity contribution is 0.247. The quantitative estimate of drug-likeness (QED) is 0.429. The van der Waals surface area contributed by atoms with Gasteiger partial charge in [0, 0.05) is 24.2 Å². The molecule has 0 bridgehead atoms. The molecule has 7 heteroatoms. The molecular weight excluding hydrogens is 460 g/mol. The zero-order valence-corrected chi connectivity index (χ0v) is 19.5. The molecule has 0 saturated carbocycles. The van der Waals surface area contributed by atoms with Crippen LogP contribution in [0.5, 0.6) is 0 Å². The second-order valence-electron chi connectivity index (χ2n) is 8.23. The van der Waals surface area contributed by atoms with E-state index in [0.29, 0.717) is 22.3 Å². The number of hydrogen-bond acceptors (Lipinski definition) is 2. The van der Waals surface area contributed by atoms with E-state index in [-0.39, 0.29) is 6.03 Å². The van der Waals surface area contributed by atoms with Gasteiger partial charge in [0.1, 0.15) is 5.82 Å². The number of carbonyl (C=O) groups excluding carboxylic acids is 1. The molecule has 0 saturated heterocycles. The summed E-state index contributed by atoms with van der Waals surface area (Å²) in [5.41, 5.74) is 6.97. The molecule has 4 nitrogen and oxygen atoms in total. The Morgan fingerprint density at radius 2 is 1.88 bits per heavy atom. The Kier molecular flexibility index (Phi) is 5.87. The van der Waals surface area contributed by atoms with Crippen molar-refractivity contribution >= 4 is 46.2 Å². The minimum absolute atomic E-state index is 0.244. The molecule has 5 rings (SSSR count). The van der Waals surface area contributed by atoms with Gasteiger partial charge in [0.25, 0.3) is 0 Å². The van der Waals surface area contributed by atoms with Crippen molar-refractivity contribution < 1.29 is 9.18 Å². The number of aryl methyl sites for hydroxylation is 1. The van der Waals surface area contributed by atoms with Crippen LogP contribution in [0.15, 0.2) is 54.6 Å². The van der Waals surface area contributed by atoms with Gasteiger partial charge in [0.2, 0.25) is 0 Å². The van der Waals surface area contributed by atoms with Gasteiger partial charge in [-0.2, -0.15) is 0 Å². The van der Waals surface area contributed by atoms with E-state index in [9.17, 15) is 9.18 Å². The summed E-state index contributed by atoms with van der Waals surface area (Å²) >= 11 is 13.1. The van der Waals surface area contributed by atoms with Crippen LogP contribution in [0, 0.1) is 12.7 Å². The molecule has 33 heavy (non-hydrogen) atoms. The summed E-state index contributed by atoms with van der Waals surface area (Å²) in [7, 11) is 0. The third-order valence-electron chi connectivity index (χ3n) is 6.15. The molecule has 3 aromatic carbocycles. The van der Waals surface area contributed by atoms with Gasteiger partial charge in [-0.1, -0.05) is 41.4 Å². The summed E-state index contributed by atoms with van der Waals surface area (Å²) in [6.45, 7) is 3.92. The highest BCUT2D eigenvalue weighted by Crippen LogP contribution is 2.44. The number of carbonyl (C=O) groups is 1. The molecule has 0 aliphatic carbocycles. The number of anilines is 2. The van der Waals surface area contributed by atoms with Gasteiger partial charge >= 0.3 is 6.03 Å². The molecule has 3 aromatic rings. The van der Waals surface area contributed by atoms with Crippen molar-refractivity contribution in [3.05, 3.63) is 87.2 Å². The summed E-state index contributed by atoms with van der Waals surface area (Å²) in [6.07, 6.45) is 3.03. The van der Waals surface area contributed by atoms with Crippen molar-refractivity contribution in [3.8, 4) is 11.1 Å². The van der Waals surface area contributed by atoms with E-state index in [2.05, 4.69) is 28.8 Å². The molecule has 0 atom stereocenters. The van der Waals surface area contributed by atoms with E-state index in [0.717, 1.165) is 53.0 Å². The fourth-order valence-corrected chi connectivity index (χ4v) is 5.12. The number of nitrogens with one attached hydrogen (secondary N) is 2. The Morgan fingerprint density at radius 3 is 2.61 bits per heavy atom. The number of urea groups is 1. The monoisotopic (exact) mass is 481 g/mol. The first-order valence-electron chi connectivity index (χ1n) is 10.8. The largest absolute Gasteiger partial charge is 0.333 e. The SMILES string of the molecule is Cc1cccc(Cl)c1N1C(=O)NCc2c(-c3ccc(F)cc3Cl)cc(C3=CCNCC3)cc21. The van der Waals surface area contributed by atoms with Gasteiger partial charge < -0.3 is 10.6 Å². The smallest absolute Gasteiger partial charge is 0.326 e. The van der Waals surface area contributed by atoms with Crippen LogP contribution in [0.2, 0.25) is 10.0 Å². The number of amides is 2. The Bertz CT molecular complexity index is 1280. The first-order valence-corrected chi connectivity index (χ1v) is 11.5. The standard InChI is InChI=1S/C26H22Cl2FN3O/c1-15-3-2-4-22(27)25(15)32-24-12-17(16-7-9-30-10-8-16)11-20(21(24)14-31-26(32)33)19-6-5-18(29)13-23(19)28/h2-7,11-13,30H,8-10,14H2,1H3,(H,31,33). The second-order valence-corrected chi connectivity index (χ2v) is 9.04. The number of benzene rings is 3. The number of hydrogen-bond donors (Lipinski definition) is 2. The van der Waals surface area contributed by atoms with Crippen molar-refractivity contribution in [1.29, 1.82) is 0 Å². The maximum Gasteiger partial charge on any atom is 0.326 e. The van der Waals surface area contributed by atoms with E-state index in [4.69, 9.17) is 23.2 Å². The maximum atomic E-state index is 13.8. The van der Waals surface area contributed by atoms with E-state index >= 15 is 0 Å². The number of nitrogens with zero attached hydrogens (tertiary/aromatic N) is 1. The van der Waals surface area contributed by atoms with Gasteiger partial charge in [-0.3, -0.25) is 4.90 Å². The van der Waals surface area contributed by atoms with E-state index in [1.807, 2.05) is 19.1 Å². The molecule has 2 aliphatic rings. The highest BCUT2D eigenvalue weighted by Gasteiger charge is 2.31. The fourth-order valence-electron chi connectivity index (χ4n) is 4.54. The molecule has 0 fully saturated rings. The average molecular weight is 482 g/mol. The highest BCUT2D eigenvalue weighted by atomic mass is 35.5. The van der Waals surface area contributed by atoms with Crippen LogP contribution < -0.4 is 15.5 Å². The molecular formula is C26H22Cl2FN3O. The number of halogens is 3. The summed E-state index contributed by atoms with van der Waals surface area (Å²) < 4.78 is 13.8. The van der Waals surface area contributed by atoms with Gasteiger partial charge in [-0.15, -0.1) is 0 Å². The first-order chi connectivity index (χ1) is 15.9. The highest BCUT2D eigenvalue weighted by molar-refractivity contribution is 6.34. The van der Waals surface area contributed by atoms with Crippen LogP contribution in [0.1, 0.15) is 23.1 Å². The third kappa shape index (κ3) is 4.01. The fraction of sp³-hybridized carbons (Fsp3) is 0.192. The molecule has 2 amide bonds. The van der Waals surface area contributed by atoms with Crippen molar-refractivity contribution in [2.45, 2.75) is 19.9 Å². The Labute approximate surface area is 202 Å². The number of para-hydroxylation sites is 1. The van der Waals surface area contributed by atoms with Crippen LogP contribution in [0.4, 0.5) is 20.6 Å². The number of fused-ring (bicyclic) bond motifs is 1. The Balaban J connectivity index is 1.80. The summed E-state index contributed by atoms with van der Waals surface area (Å²) in [4.78, 5) is 14.8. The van der Waals surface area contributed by atoms with E-state index < -0.39 is 5.82 Å². The minimum Gasteiger partial charge on any atom is -0.333 e. The molecule has 2 aliphatic heterocycles. The summed E-state index contributed by atoms with van der Waals surface area (Å²) in [5.74, 6) is -0.392. The minimum atomic E-state index is -0.392. The van der Waals surface area contributed by atoms with Crippen LogP contribution in [0.3, 0.4) is 0 Å². The zero-order chi connectivity index (χ0) is 23.1. The predicted octanol–water partition coefficient (Wildman–Crippen LogP) is 6.85. The van der Waals surface area contributed by atoms with Crippen molar-refractivity contribution in [2.24, 2.45) is 0 Å². The topological polar surface area (TPSA) is 44.4 Å². The Hall–Kier alpha value is -2.86. The lowest BCUT2D eigenvalue weighted by atomic mass is 9.89. The summed E-state index contributed by atoms with van der Waals surface area (Å²) in [5, 5.41) is 7.12. The summed E-state index contributed by atoms with van der Waals surface area (Å²) in [6, 6.07) is 13.9. The predicted molar refractivity (Wildman–Crippen MR) is 133 cm³/mol. The van der Waals surface area contributed by atoms with Crippen LogP contribution >= 0.6 is 23.2 Å². The van der Waals surface area contributed by atoms with Crippen LogP contribution in [-0.2, 0) is 6.54 Å². The molecule has 0 aromatic heterocycles. The molecule has 0 spiro atoms. The van der Waals surface area contributed by atoms with Gasteiger partial charge in [-0.25, -0.2) is 9.18 Å². The third-order valence-corrected chi connectivity index (χ3v) is 6.77.